The number of carbonyl (C=O) groups is 1. The molecule has 118 valence electrons. The minimum Gasteiger partial charge on any atom is -0.361 e. The second-order valence-electron chi connectivity index (χ2n) is 5.12. The Hall–Kier alpha value is -3.03. The number of aryl methyl sites for hydroxylation is 2. The van der Waals surface area contributed by atoms with Gasteiger partial charge in [-0.25, -0.2) is 4.68 Å². The van der Waals surface area contributed by atoms with Crippen LogP contribution >= 0.6 is 0 Å². The highest BCUT2D eigenvalue weighted by molar-refractivity contribution is 5.83. The lowest BCUT2D eigenvalue weighted by Gasteiger charge is -2.16. The quantitative estimate of drug-likeness (QED) is 0.759. The van der Waals surface area contributed by atoms with Gasteiger partial charge in [-0.3, -0.25) is 4.79 Å². The van der Waals surface area contributed by atoms with Gasteiger partial charge < -0.3 is 9.84 Å². The largest absolute Gasteiger partial charge is 0.361 e. The molecule has 3 rings (SSSR count). The van der Waals surface area contributed by atoms with Crippen LogP contribution in [0.1, 0.15) is 28.6 Å². The van der Waals surface area contributed by atoms with Crippen molar-refractivity contribution >= 4 is 5.91 Å². The fourth-order valence-electron chi connectivity index (χ4n) is 2.37. The summed E-state index contributed by atoms with van der Waals surface area (Å²) in [6.45, 7) is 4.00. The predicted molar refractivity (Wildman–Crippen MR) is 80.2 cm³/mol. The molecule has 2 aromatic heterocycles. The maximum absolute atomic E-state index is 12.7. The Kier molecular flexibility index (Phi) is 4.13. The van der Waals surface area contributed by atoms with Crippen LogP contribution in [0.2, 0.25) is 0 Å². The van der Waals surface area contributed by atoms with E-state index in [0.717, 1.165) is 16.8 Å². The SMILES string of the molecule is Cc1noc(C)c1CNC(=O)C(c1ccccc1)n1cnnn1. The van der Waals surface area contributed by atoms with Crippen molar-refractivity contribution in [3.63, 3.8) is 0 Å². The van der Waals surface area contributed by atoms with Crippen molar-refractivity contribution in [2.75, 3.05) is 0 Å². The topological polar surface area (TPSA) is 98.7 Å². The summed E-state index contributed by atoms with van der Waals surface area (Å²) in [5.74, 6) is 0.491. The van der Waals surface area contributed by atoms with Crippen molar-refractivity contribution < 1.29 is 9.32 Å². The summed E-state index contributed by atoms with van der Waals surface area (Å²) in [5.41, 5.74) is 2.44. The second kappa shape index (κ2) is 6.39. The van der Waals surface area contributed by atoms with Gasteiger partial charge in [0.05, 0.1) is 5.69 Å². The van der Waals surface area contributed by atoms with E-state index in [2.05, 4.69) is 26.0 Å². The molecule has 0 saturated heterocycles. The summed E-state index contributed by atoms with van der Waals surface area (Å²) in [4.78, 5) is 12.7. The number of benzene rings is 1. The van der Waals surface area contributed by atoms with Gasteiger partial charge in [0.2, 0.25) is 5.91 Å². The van der Waals surface area contributed by atoms with Crippen LogP contribution < -0.4 is 5.32 Å². The Balaban J connectivity index is 1.82. The number of hydrogen-bond donors (Lipinski definition) is 1. The Morgan fingerprint density at radius 3 is 2.70 bits per heavy atom. The molecule has 1 aromatic carbocycles. The van der Waals surface area contributed by atoms with Gasteiger partial charge in [0.15, 0.2) is 6.04 Å². The minimum atomic E-state index is -0.633. The van der Waals surface area contributed by atoms with Crippen molar-refractivity contribution in [3.05, 3.63) is 59.2 Å². The van der Waals surface area contributed by atoms with Crippen molar-refractivity contribution in [2.45, 2.75) is 26.4 Å². The van der Waals surface area contributed by atoms with Crippen LogP contribution in [-0.2, 0) is 11.3 Å². The lowest BCUT2D eigenvalue weighted by molar-refractivity contribution is -0.123. The molecular formula is C15H16N6O2. The first-order chi connectivity index (χ1) is 11.2. The monoisotopic (exact) mass is 312 g/mol. The first-order valence-corrected chi connectivity index (χ1v) is 7.13. The van der Waals surface area contributed by atoms with E-state index in [4.69, 9.17) is 4.52 Å². The maximum atomic E-state index is 12.7. The molecule has 23 heavy (non-hydrogen) atoms. The van der Waals surface area contributed by atoms with E-state index < -0.39 is 6.04 Å². The molecule has 1 N–H and O–H groups in total. The Morgan fingerprint density at radius 2 is 2.09 bits per heavy atom. The fraction of sp³-hybridized carbons (Fsp3) is 0.267. The molecule has 8 heteroatoms. The summed E-state index contributed by atoms with van der Waals surface area (Å²) in [5, 5.41) is 17.9. The molecule has 8 nitrogen and oxygen atoms in total. The molecule has 0 fully saturated rings. The smallest absolute Gasteiger partial charge is 0.249 e. The highest BCUT2D eigenvalue weighted by Crippen LogP contribution is 2.18. The molecule has 0 spiro atoms. The summed E-state index contributed by atoms with van der Waals surface area (Å²) in [6, 6.07) is 8.72. The van der Waals surface area contributed by atoms with E-state index in [-0.39, 0.29) is 5.91 Å². The zero-order chi connectivity index (χ0) is 16.2. The molecule has 0 radical (unpaired) electrons. The van der Waals surface area contributed by atoms with Crippen molar-refractivity contribution in [3.8, 4) is 0 Å². The second-order valence-corrected chi connectivity index (χ2v) is 5.12. The van der Waals surface area contributed by atoms with Crippen LogP contribution in [0.3, 0.4) is 0 Å². The summed E-state index contributed by atoms with van der Waals surface area (Å²) in [7, 11) is 0. The van der Waals surface area contributed by atoms with Crippen LogP contribution in [0.5, 0.6) is 0 Å². The molecule has 0 saturated carbocycles. The number of amides is 1. The van der Waals surface area contributed by atoms with E-state index >= 15 is 0 Å². The van der Waals surface area contributed by atoms with Gasteiger partial charge in [-0.05, 0) is 29.8 Å². The average molecular weight is 312 g/mol. The summed E-state index contributed by atoms with van der Waals surface area (Å²) >= 11 is 0. The summed E-state index contributed by atoms with van der Waals surface area (Å²) < 4.78 is 6.53. The molecule has 0 aliphatic carbocycles. The molecule has 2 heterocycles. The zero-order valence-corrected chi connectivity index (χ0v) is 12.8. The minimum absolute atomic E-state index is 0.205. The van der Waals surface area contributed by atoms with Gasteiger partial charge in [-0.2, -0.15) is 0 Å². The number of carbonyl (C=O) groups excluding carboxylic acids is 1. The average Bonchev–Trinajstić information content (AvgIpc) is 3.18. The van der Waals surface area contributed by atoms with Crippen molar-refractivity contribution in [1.29, 1.82) is 0 Å². The van der Waals surface area contributed by atoms with Gasteiger partial charge in [0.25, 0.3) is 0 Å². The van der Waals surface area contributed by atoms with Gasteiger partial charge >= 0.3 is 0 Å². The molecule has 1 unspecified atom stereocenters. The standard InChI is InChI=1S/C15H16N6O2/c1-10-13(11(2)23-18-10)8-16-15(22)14(21-9-17-19-20-21)12-6-4-3-5-7-12/h3-7,9,14H,8H2,1-2H3,(H,16,22). The highest BCUT2D eigenvalue weighted by Gasteiger charge is 2.24. The van der Waals surface area contributed by atoms with Crippen LogP contribution in [0.25, 0.3) is 0 Å². The molecule has 3 aromatic rings. The molecule has 0 aliphatic heterocycles. The van der Waals surface area contributed by atoms with E-state index in [0.29, 0.717) is 12.3 Å². The van der Waals surface area contributed by atoms with Crippen LogP contribution in [0.4, 0.5) is 0 Å². The number of hydrogen-bond acceptors (Lipinski definition) is 6. The predicted octanol–water partition coefficient (Wildman–Crippen LogP) is 1.18. The van der Waals surface area contributed by atoms with E-state index in [1.807, 2.05) is 44.2 Å². The Morgan fingerprint density at radius 1 is 1.30 bits per heavy atom. The van der Waals surface area contributed by atoms with Crippen LogP contribution in [0.15, 0.2) is 41.2 Å². The maximum Gasteiger partial charge on any atom is 0.249 e. The lowest BCUT2D eigenvalue weighted by atomic mass is 10.1. The molecule has 1 atom stereocenters. The molecule has 0 aliphatic rings. The Bertz CT molecular complexity index is 762. The van der Waals surface area contributed by atoms with Crippen molar-refractivity contribution in [1.82, 2.24) is 30.7 Å². The third-order valence-corrected chi connectivity index (χ3v) is 3.61. The molecular weight excluding hydrogens is 296 g/mol. The van der Waals surface area contributed by atoms with Crippen molar-refractivity contribution in [2.24, 2.45) is 0 Å². The number of rotatable bonds is 5. The third kappa shape index (κ3) is 3.10. The van der Waals surface area contributed by atoms with E-state index in [9.17, 15) is 4.79 Å². The summed E-state index contributed by atoms with van der Waals surface area (Å²) in [6.07, 6.45) is 1.42. The van der Waals surface area contributed by atoms with Crippen LogP contribution in [0, 0.1) is 13.8 Å². The van der Waals surface area contributed by atoms with Crippen LogP contribution in [-0.4, -0.2) is 31.3 Å². The highest BCUT2D eigenvalue weighted by atomic mass is 16.5. The van der Waals surface area contributed by atoms with Gasteiger partial charge in [0.1, 0.15) is 12.1 Å². The normalized spacial score (nSPS) is 12.1. The Labute approximate surface area is 132 Å². The lowest BCUT2D eigenvalue weighted by Crippen LogP contribution is -2.33. The zero-order valence-electron chi connectivity index (χ0n) is 12.8. The first kappa shape index (κ1) is 14.9. The van der Waals surface area contributed by atoms with Gasteiger partial charge in [-0.1, -0.05) is 35.5 Å². The number of nitrogens with one attached hydrogen (secondary N) is 1. The number of nitrogens with zero attached hydrogens (tertiary/aromatic N) is 5. The first-order valence-electron chi connectivity index (χ1n) is 7.13. The number of tetrazole rings is 1. The molecule has 0 bridgehead atoms. The van der Waals surface area contributed by atoms with E-state index in [1.54, 1.807) is 0 Å². The van der Waals surface area contributed by atoms with Gasteiger partial charge in [0, 0.05) is 12.1 Å². The van der Waals surface area contributed by atoms with Gasteiger partial charge in [-0.15, -0.1) is 5.10 Å². The van der Waals surface area contributed by atoms with E-state index in [1.165, 1.54) is 11.0 Å². The number of aromatic nitrogens is 5. The fourth-order valence-corrected chi connectivity index (χ4v) is 2.37. The third-order valence-electron chi connectivity index (χ3n) is 3.61. The molecule has 1 amide bonds.